The lowest BCUT2D eigenvalue weighted by Gasteiger charge is -2.28. The highest BCUT2D eigenvalue weighted by atomic mass is 19.3. The lowest BCUT2D eigenvalue weighted by Crippen LogP contribution is -2.39. The summed E-state index contributed by atoms with van der Waals surface area (Å²) in [6, 6.07) is 1.02. The van der Waals surface area contributed by atoms with Crippen molar-refractivity contribution in [3.05, 3.63) is 24.0 Å². The minimum absolute atomic E-state index is 0.151. The molecule has 2 nitrogen and oxygen atoms in total. The van der Waals surface area contributed by atoms with Crippen LogP contribution in [0.5, 0.6) is 0 Å². The maximum absolute atomic E-state index is 14.0. The maximum Gasteiger partial charge on any atom is 0.267 e. The van der Waals surface area contributed by atoms with Crippen molar-refractivity contribution in [1.82, 2.24) is 4.98 Å². The summed E-state index contributed by atoms with van der Waals surface area (Å²) in [4.78, 5) is 4.03. The Morgan fingerprint density at radius 3 is 2.47 bits per heavy atom. The topological polar surface area (TPSA) is 24.9 Å². The van der Waals surface area contributed by atoms with E-state index in [0.717, 1.165) is 12.0 Å². The second kappa shape index (κ2) is 6.83. The summed E-state index contributed by atoms with van der Waals surface area (Å²) in [5, 5.41) is 2.95. The van der Waals surface area contributed by atoms with Crippen molar-refractivity contribution in [2.45, 2.75) is 58.9 Å². The van der Waals surface area contributed by atoms with E-state index < -0.39 is 12.0 Å². The number of nitrogens with one attached hydrogen (secondary N) is 1. The molecule has 0 aliphatic rings. The van der Waals surface area contributed by atoms with E-state index in [0.29, 0.717) is 18.0 Å². The zero-order valence-electron chi connectivity index (χ0n) is 12.2. The molecule has 4 heteroatoms. The van der Waals surface area contributed by atoms with Crippen molar-refractivity contribution in [3.63, 3.8) is 0 Å². The molecular formula is C15H24F2N2. The number of alkyl halides is 2. The molecule has 1 heterocycles. The number of aromatic nitrogens is 1. The minimum Gasteiger partial charge on any atom is -0.375 e. The molecule has 0 spiro atoms. The second-order valence-electron chi connectivity index (χ2n) is 5.53. The summed E-state index contributed by atoms with van der Waals surface area (Å²) < 4.78 is 27.9. The first-order chi connectivity index (χ1) is 8.85. The number of pyridine rings is 1. The van der Waals surface area contributed by atoms with Crippen molar-refractivity contribution < 1.29 is 8.78 Å². The number of halogens is 2. The quantitative estimate of drug-likeness (QED) is 0.780. The van der Waals surface area contributed by atoms with Crippen LogP contribution in [0, 0.1) is 12.8 Å². The van der Waals surface area contributed by atoms with Crippen molar-refractivity contribution in [3.8, 4) is 0 Å². The largest absolute Gasteiger partial charge is 0.375 e. The SMILES string of the molecule is CCC(F)(F)[C@@H](CCC(C)C)Nc1cncc(C)c1. The average molecular weight is 270 g/mol. The van der Waals surface area contributed by atoms with Crippen molar-refractivity contribution in [2.75, 3.05) is 5.32 Å². The molecule has 0 aliphatic carbocycles. The van der Waals surface area contributed by atoms with E-state index in [9.17, 15) is 8.78 Å². The zero-order valence-corrected chi connectivity index (χ0v) is 12.2. The Morgan fingerprint density at radius 1 is 1.26 bits per heavy atom. The number of hydrogen-bond donors (Lipinski definition) is 1. The molecule has 108 valence electrons. The third-order valence-corrected chi connectivity index (χ3v) is 3.23. The van der Waals surface area contributed by atoms with Crippen LogP contribution in [-0.2, 0) is 0 Å². The van der Waals surface area contributed by atoms with Gasteiger partial charge in [-0.05, 0) is 37.3 Å². The van der Waals surface area contributed by atoms with Crippen molar-refractivity contribution in [1.29, 1.82) is 0 Å². The fourth-order valence-corrected chi connectivity index (χ4v) is 1.97. The van der Waals surface area contributed by atoms with Gasteiger partial charge in [-0.1, -0.05) is 20.8 Å². The zero-order chi connectivity index (χ0) is 14.5. The fourth-order valence-electron chi connectivity index (χ4n) is 1.97. The smallest absolute Gasteiger partial charge is 0.267 e. The lowest BCUT2D eigenvalue weighted by atomic mass is 9.97. The highest BCUT2D eigenvalue weighted by molar-refractivity contribution is 5.43. The van der Waals surface area contributed by atoms with E-state index in [4.69, 9.17) is 0 Å². The van der Waals surface area contributed by atoms with Crippen LogP contribution in [0.2, 0.25) is 0 Å². The normalized spacial score (nSPS) is 13.6. The number of aryl methyl sites for hydroxylation is 1. The third kappa shape index (κ3) is 5.13. The van der Waals surface area contributed by atoms with Crippen molar-refractivity contribution >= 4 is 5.69 Å². The molecule has 0 saturated heterocycles. The predicted molar refractivity (Wildman–Crippen MR) is 75.7 cm³/mol. The first-order valence-electron chi connectivity index (χ1n) is 6.91. The van der Waals surface area contributed by atoms with Gasteiger partial charge in [0.05, 0.1) is 11.7 Å². The Balaban J connectivity index is 2.79. The predicted octanol–water partition coefficient (Wildman–Crippen LogP) is 4.65. The van der Waals surface area contributed by atoms with Gasteiger partial charge < -0.3 is 5.32 Å². The summed E-state index contributed by atoms with van der Waals surface area (Å²) in [5.74, 6) is -2.27. The molecule has 0 fully saturated rings. The Labute approximate surface area is 114 Å². The average Bonchev–Trinajstić information content (AvgIpc) is 2.34. The van der Waals surface area contributed by atoms with Crippen LogP contribution < -0.4 is 5.32 Å². The van der Waals surface area contributed by atoms with Crippen LogP contribution in [0.25, 0.3) is 0 Å². The summed E-state index contributed by atoms with van der Waals surface area (Å²) in [7, 11) is 0. The molecule has 0 saturated carbocycles. The molecule has 0 bridgehead atoms. The molecule has 0 aromatic carbocycles. The van der Waals surface area contributed by atoms with Crippen LogP contribution in [0.4, 0.5) is 14.5 Å². The highest BCUT2D eigenvalue weighted by Gasteiger charge is 2.37. The standard InChI is InChI=1S/C15H24F2N2/c1-5-15(16,17)14(7-6-11(2)3)19-13-8-12(4)9-18-10-13/h8-11,14,19H,5-7H2,1-4H3/t14-/m1/s1. The van der Waals surface area contributed by atoms with Gasteiger partial charge in [0.15, 0.2) is 0 Å². The monoisotopic (exact) mass is 270 g/mol. The molecular weight excluding hydrogens is 246 g/mol. The third-order valence-electron chi connectivity index (χ3n) is 3.23. The van der Waals surface area contributed by atoms with Crippen LogP contribution in [-0.4, -0.2) is 16.9 Å². The Hall–Kier alpha value is -1.19. The molecule has 0 unspecified atom stereocenters. The number of anilines is 1. The summed E-state index contributed by atoms with van der Waals surface area (Å²) in [6.45, 7) is 7.53. The lowest BCUT2D eigenvalue weighted by molar-refractivity contribution is -0.0254. The summed E-state index contributed by atoms with van der Waals surface area (Å²) in [6.07, 6.45) is 4.41. The van der Waals surface area contributed by atoms with Crippen LogP contribution in [0.1, 0.15) is 45.6 Å². The first kappa shape index (κ1) is 15.9. The number of hydrogen-bond acceptors (Lipinski definition) is 2. The number of nitrogens with zero attached hydrogens (tertiary/aromatic N) is 1. The molecule has 19 heavy (non-hydrogen) atoms. The van der Waals surface area contributed by atoms with Gasteiger partial charge in [0, 0.05) is 18.8 Å². The van der Waals surface area contributed by atoms with E-state index in [-0.39, 0.29) is 6.42 Å². The van der Waals surface area contributed by atoms with Gasteiger partial charge in [0.2, 0.25) is 0 Å². The van der Waals surface area contributed by atoms with E-state index in [1.807, 2.05) is 13.0 Å². The minimum atomic E-state index is -2.70. The molecule has 1 atom stereocenters. The molecule has 1 N–H and O–H groups in total. The molecule has 0 aliphatic heterocycles. The van der Waals surface area contributed by atoms with E-state index in [1.54, 1.807) is 12.4 Å². The fraction of sp³-hybridized carbons (Fsp3) is 0.667. The second-order valence-corrected chi connectivity index (χ2v) is 5.53. The maximum atomic E-state index is 14.0. The van der Waals surface area contributed by atoms with Gasteiger partial charge >= 0.3 is 0 Å². The summed E-state index contributed by atoms with van der Waals surface area (Å²) in [5.41, 5.74) is 1.63. The molecule has 0 radical (unpaired) electrons. The van der Waals surface area contributed by atoms with Crippen LogP contribution in [0.3, 0.4) is 0 Å². The van der Waals surface area contributed by atoms with Gasteiger partial charge in [-0.25, -0.2) is 8.78 Å². The van der Waals surface area contributed by atoms with E-state index in [1.165, 1.54) is 6.92 Å². The first-order valence-corrected chi connectivity index (χ1v) is 6.91. The van der Waals surface area contributed by atoms with Gasteiger partial charge in [0.25, 0.3) is 5.92 Å². The van der Waals surface area contributed by atoms with E-state index >= 15 is 0 Å². The molecule has 0 amide bonds. The summed E-state index contributed by atoms with van der Waals surface area (Å²) >= 11 is 0. The Morgan fingerprint density at radius 2 is 1.95 bits per heavy atom. The molecule has 1 aromatic heterocycles. The van der Waals surface area contributed by atoms with Gasteiger partial charge in [-0.2, -0.15) is 0 Å². The molecule has 1 rings (SSSR count). The van der Waals surface area contributed by atoms with Gasteiger partial charge in [-0.3, -0.25) is 4.98 Å². The van der Waals surface area contributed by atoms with Crippen LogP contribution >= 0.6 is 0 Å². The van der Waals surface area contributed by atoms with Gasteiger partial charge in [-0.15, -0.1) is 0 Å². The number of rotatable bonds is 7. The van der Waals surface area contributed by atoms with Crippen molar-refractivity contribution in [2.24, 2.45) is 5.92 Å². The Bertz CT molecular complexity index is 391. The highest BCUT2D eigenvalue weighted by Crippen LogP contribution is 2.29. The van der Waals surface area contributed by atoms with Crippen LogP contribution in [0.15, 0.2) is 18.5 Å². The van der Waals surface area contributed by atoms with E-state index in [2.05, 4.69) is 24.1 Å². The molecule has 1 aromatic rings. The Kier molecular flexibility index (Phi) is 5.70. The van der Waals surface area contributed by atoms with Gasteiger partial charge in [0.1, 0.15) is 0 Å².